The third kappa shape index (κ3) is 2.57. The summed E-state index contributed by atoms with van der Waals surface area (Å²) in [6.07, 6.45) is 4.52. The van der Waals surface area contributed by atoms with Crippen LogP contribution >= 0.6 is 0 Å². The van der Waals surface area contributed by atoms with Gasteiger partial charge in [-0.25, -0.2) is 9.37 Å². The van der Waals surface area contributed by atoms with E-state index in [4.69, 9.17) is 4.74 Å². The first kappa shape index (κ1) is 10.6. The first-order chi connectivity index (χ1) is 7.75. The number of hydrogen-bond donors (Lipinski definition) is 0. The largest absolute Gasteiger partial charge is 0.427 e. The Hall–Kier alpha value is -1.90. The smallest absolute Gasteiger partial charge is 0.343 e. The fourth-order valence-electron chi connectivity index (χ4n) is 1.49. The fourth-order valence-corrected chi connectivity index (χ4v) is 1.49. The Balaban J connectivity index is 2.04. The van der Waals surface area contributed by atoms with Crippen LogP contribution in [0.15, 0.2) is 42.2 Å². The van der Waals surface area contributed by atoms with Gasteiger partial charge in [-0.3, -0.25) is 0 Å². The molecule has 0 bridgehead atoms. The minimum absolute atomic E-state index is 0.287. The number of carbonyl (C=O) groups excluding carboxylic acids is 1. The average Bonchev–Trinajstić information content (AvgIpc) is 2.33. The van der Waals surface area contributed by atoms with E-state index in [1.165, 1.54) is 0 Å². The Labute approximate surface area is 94.7 Å². The van der Waals surface area contributed by atoms with E-state index in [9.17, 15) is 4.79 Å². The van der Waals surface area contributed by atoms with Crippen LogP contribution in [0.4, 0.5) is 0 Å². The Bertz CT molecular complexity index is 446. The highest BCUT2D eigenvalue weighted by Crippen LogP contribution is 2.10. The number of benzene rings is 1. The Kier molecular flexibility index (Phi) is 3.15. The van der Waals surface area contributed by atoms with Crippen molar-refractivity contribution in [1.82, 2.24) is 0 Å². The molecule has 1 aliphatic heterocycles. The van der Waals surface area contributed by atoms with E-state index in [1.54, 1.807) is 12.1 Å². The van der Waals surface area contributed by atoms with E-state index in [0.29, 0.717) is 5.56 Å². The number of carbonyl (C=O) groups is 1. The van der Waals surface area contributed by atoms with E-state index in [2.05, 4.69) is 4.58 Å². The molecule has 1 aromatic rings. The monoisotopic (exact) mass is 216 g/mol. The molecule has 0 amide bonds. The van der Waals surface area contributed by atoms with Crippen LogP contribution in [0, 0.1) is 0 Å². The van der Waals surface area contributed by atoms with Crippen LogP contribution in [0.3, 0.4) is 0 Å². The van der Waals surface area contributed by atoms with Crippen molar-refractivity contribution in [2.75, 3.05) is 13.6 Å². The Morgan fingerprint density at radius 2 is 2.06 bits per heavy atom. The number of allylic oxidation sites excluding steroid dienone is 1. The molecule has 0 atom stereocenters. The maximum atomic E-state index is 11.7. The van der Waals surface area contributed by atoms with Crippen LogP contribution in [0.2, 0.25) is 0 Å². The van der Waals surface area contributed by atoms with E-state index >= 15 is 0 Å². The van der Waals surface area contributed by atoms with Crippen molar-refractivity contribution >= 4 is 12.2 Å². The molecule has 0 fully saturated rings. The van der Waals surface area contributed by atoms with Gasteiger partial charge in [-0.2, -0.15) is 0 Å². The minimum Gasteiger partial charge on any atom is -0.427 e. The van der Waals surface area contributed by atoms with Crippen molar-refractivity contribution in [1.29, 1.82) is 0 Å². The van der Waals surface area contributed by atoms with E-state index in [0.717, 1.165) is 18.7 Å². The predicted octanol–water partition coefficient (Wildman–Crippen LogP) is 1.84. The summed E-state index contributed by atoms with van der Waals surface area (Å²) >= 11 is 0. The van der Waals surface area contributed by atoms with Gasteiger partial charge >= 0.3 is 5.97 Å². The van der Waals surface area contributed by atoms with Gasteiger partial charge in [0.05, 0.1) is 12.0 Å². The van der Waals surface area contributed by atoms with Gasteiger partial charge in [0.25, 0.3) is 0 Å². The van der Waals surface area contributed by atoms with Gasteiger partial charge in [-0.1, -0.05) is 18.2 Å². The lowest BCUT2D eigenvalue weighted by molar-refractivity contribution is -0.493. The van der Waals surface area contributed by atoms with Crippen molar-refractivity contribution < 1.29 is 14.1 Å². The molecule has 0 saturated heterocycles. The highest BCUT2D eigenvalue weighted by Gasteiger charge is 2.13. The molecule has 3 heteroatoms. The van der Waals surface area contributed by atoms with Crippen LogP contribution in [0.5, 0.6) is 0 Å². The molecular weight excluding hydrogens is 202 g/mol. The molecule has 16 heavy (non-hydrogen) atoms. The number of hydrogen-bond acceptors (Lipinski definition) is 2. The standard InChI is InChI=1S/C13H14NO2/c1-14-9-7-12(8-10-14)16-13(15)11-5-3-2-4-6-11/h2-7,9H,8,10H2,1H3/q+1. The lowest BCUT2D eigenvalue weighted by Gasteiger charge is -2.09. The zero-order valence-corrected chi connectivity index (χ0v) is 9.22. The third-order valence-corrected chi connectivity index (χ3v) is 2.46. The second-order valence-electron chi connectivity index (χ2n) is 3.77. The lowest BCUT2D eigenvalue weighted by atomic mass is 10.2. The molecule has 3 nitrogen and oxygen atoms in total. The highest BCUT2D eigenvalue weighted by atomic mass is 16.5. The molecule has 1 aromatic carbocycles. The van der Waals surface area contributed by atoms with Crippen LogP contribution in [0.25, 0.3) is 0 Å². The molecule has 0 spiro atoms. The summed E-state index contributed by atoms with van der Waals surface area (Å²) in [6, 6.07) is 9.03. The molecule has 2 rings (SSSR count). The van der Waals surface area contributed by atoms with Crippen LogP contribution < -0.4 is 0 Å². The summed E-state index contributed by atoms with van der Waals surface area (Å²) in [4.78, 5) is 11.7. The zero-order valence-electron chi connectivity index (χ0n) is 9.22. The van der Waals surface area contributed by atoms with Gasteiger partial charge in [0.15, 0.2) is 6.21 Å². The summed E-state index contributed by atoms with van der Waals surface area (Å²) in [5.74, 6) is 0.441. The van der Waals surface area contributed by atoms with Crippen LogP contribution in [-0.2, 0) is 4.74 Å². The second kappa shape index (κ2) is 4.75. The van der Waals surface area contributed by atoms with Crippen molar-refractivity contribution in [3.8, 4) is 0 Å². The summed E-state index contributed by atoms with van der Waals surface area (Å²) < 4.78 is 7.35. The lowest BCUT2D eigenvalue weighted by Crippen LogP contribution is -2.16. The van der Waals surface area contributed by atoms with E-state index in [-0.39, 0.29) is 5.97 Å². The second-order valence-corrected chi connectivity index (χ2v) is 3.77. The highest BCUT2D eigenvalue weighted by molar-refractivity contribution is 5.90. The Morgan fingerprint density at radius 3 is 2.69 bits per heavy atom. The molecule has 0 N–H and O–H groups in total. The summed E-state index contributed by atoms with van der Waals surface area (Å²) in [6.45, 7) is 0.883. The van der Waals surface area contributed by atoms with Crippen LogP contribution in [-0.4, -0.2) is 30.4 Å². The molecule has 82 valence electrons. The van der Waals surface area contributed by atoms with Crippen molar-refractivity contribution in [3.63, 3.8) is 0 Å². The van der Waals surface area contributed by atoms with Crippen molar-refractivity contribution in [2.45, 2.75) is 6.42 Å². The topological polar surface area (TPSA) is 29.3 Å². The van der Waals surface area contributed by atoms with Crippen molar-refractivity contribution in [3.05, 3.63) is 47.7 Å². The summed E-state index contributed by atoms with van der Waals surface area (Å²) in [7, 11) is 1.99. The van der Waals surface area contributed by atoms with Gasteiger partial charge in [0.2, 0.25) is 0 Å². The fraction of sp³-hybridized carbons (Fsp3) is 0.231. The third-order valence-electron chi connectivity index (χ3n) is 2.46. The first-order valence-electron chi connectivity index (χ1n) is 5.27. The van der Waals surface area contributed by atoms with Gasteiger partial charge in [-0.05, 0) is 12.1 Å². The predicted molar refractivity (Wildman–Crippen MR) is 61.7 cm³/mol. The molecule has 0 aromatic heterocycles. The van der Waals surface area contributed by atoms with Gasteiger partial charge in [-0.15, -0.1) is 0 Å². The SMILES string of the molecule is C[N+]1=CC=C(OC(=O)c2ccccc2)CC1. The maximum absolute atomic E-state index is 11.7. The van der Waals surface area contributed by atoms with E-state index in [1.807, 2.05) is 37.5 Å². The normalized spacial score (nSPS) is 15.1. The molecule has 0 aliphatic carbocycles. The number of esters is 1. The average molecular weight is 216 g/mol. The van der Waals surface area contributed by atoms with Crippen LogP contribution in [0.1, 0.15) is 16.8 Å². The molecule has 0 unspecified atom stereocenters. The molecule has 0 saturated carbocycles. The maximum Gasteiger partial charge on any atom is 0.343 e. The molecular formula is C13H14NO2+. The molecule has 1 heterocycles. The van der Waals surface area contributed by atoms with Gasteiger partial charge < -0.3 is 4.74 Å². The quantitative estimate of drug-likeness (QED) is 0.557. The summed E-state index contributed by atoms with van der Waals surface area (Å²) in [5, 5.41) is 0. The van der Waals surface area contributed by atoms with E-state index < -0.39 is 0 Å². The summed E-state index contributed by atoms with van der Waals surface area (Å²) in [5.41, 5.74) is 0.585. The molecule has 0 radical (unpaired) electrons. The number of rotatable bonds is 2. The number of nitrogens with zero attached hydrogens (tertiary/aromatic N) is 1. The zero-order chi connectivity index (χ0) is 11.4. The number of ether oxygens (including phenoxy) is 1. The molecule has 1 aliphatic rings. The van der Waals surface area contributed by atoms with Gasteiger partial charge in [0.1, 0.15) is 19.4 Å². The van der Waals surface area contributed by atoms with Gasteiger partial charge in [0, 0.05) is 6.08 Å². The Morgan fingerprint density at radius 1 is 1.31 bits per heavy atom. The first-order valence-corrected chi connectivity index (χ1v) is 5.27. The van der Waals surface area contributed by atoms with Crippen molar-refractivity contribution in [2.24, 2.45) is 0 Å². The minimum atomic E-state index is -0.287.